The van der Waals surface area contributed by atoms with Crippen LogP contribution in [0, 0.1) is 18.6 Å². The minimum atomic E-state index is -0.710. The van der Waals surface area contributed by atoms with Crippen molar-refractivity contribution in [2.45, 2.75) is 38.6 Å². The molecular weight excluding hydrogens is 438 g/mol. The van der Waals surface area contributed by atoms with Gasteiger partial charge in [0.15, 0.2) is 23.1 Å². The Morgan fingerprint density at radius 2 is 1.76 bits per heavy atom. The summed E-state index contributed by atoms with van der Waals surface area (Å²) in [7, 11) is 2.71. The lowest BCUT2D eigenvalue weighted by Gasteiger charge is -2.22. The van der Waals surface area contributed by atoms with Crippen LogP contribution in [0.5, 0.6) is 11.5 Å². The van der Waals surface area contributed by atoms with E-state index in [0.29, 0.717) is 12.5 Å². The molecule has 5 rings (SSSR count). The van der Waals surface area contributed by atoms with E-state index >= 15 is 0 Å². The van der Waals surface area contributed by atoms with Gasteiger partial charge in [-0.1, -0.05) is 6.08 Å². The molecule has 0 unspecified atom stereocenters. The molecule has 1 aromatic carbocycles. The van der Waals surface area contributed by atoms with Gasteiger partial charge in [0, 0.05) is 53.6 Å². The van der Waals surface area contributed by atoms with Crippen molar-refractivity contribution >= 4 is 5.57 Å². The first-order valence-corrected chi connectivity index (χ1v) is 11.5. The largest absolute Gasteiger partial charge is 0.494 e. The van der Waals surface area contributed by atoms with Gasteiger partial charge in [0.05, 0.1) is 31.6 Å². The molecular formula is C26H28F2N4O2. The van der Waals surface area contributed by atoms with Crippen LogP contribution in [-0.4, -0.2) is 42.1 Å². The highest BCUT2D eigenvalue weighted by Crippen LogP contribution is 2.38. The van der Waals surface area contributed by atoms with Crippen molar-refractivity contribution in [1.29, 1.82) is 0 Å². The summed E-state index contributed by atoms with van der Waals surface area (Å²) < 4.78 is 42.2. The van der Waals surface area contributed by atoms with Crippen LogP contribution in [0.2, 0.25) is 0 Å². The fourth-order valence-electron chi connectivity index (χ4n) is 4.88. The van der Waals surface area contributed by atoms with Crippen molar-refractivity contribution in [2.75, 3.05) is 27.3 Å². The topological polar surface area (TPSA) is 61.2 Å². The molecule has 0 amide bonds. The summed E-state index contributed by atoms with van der Waals surface area (Å²) >= 11 is 0. The molecule has 0 radical (unpaired) electrons. The molecule has 1 aliphatic carbocycles. The number of fused-ring (bicyclic) bond motifs is 1. The molecule has 0 bridgehead atoms. The van der Waals surface area contributed by atoms with Crippen LogP contribution in [0.25, 0.3) is 16.7 Å². The Morgan fingerprint density at radius 1 is 1.06 bits per heavy atom. The molecule has 6 nitrogen and oxygen atoms in total. The van der Waals surface area contributed by atoms with Crippen LogP contribution in [0.15, 0.2) is 30.6 Å². The Labute approximate surface area is 197 Å². The van der Waals surface area contributed by atoms with Crippen LogP contribution in [0.3, 0.4) is 0 Å². The van der Waals surface area contributed by atoms with E-state index in [1.54, 1.807) is 0 Å². The third-order valence-electron chi connectivity index (χ3n) is 6.80. The van der Waals surface area contributed by atoms with Crippen molar-refractivity contribution < 1.29 is 18.3 Å². The molecule has 2 aliphatic rings. The molecule has 1 N–H and O–H groups in total. The molecule has 178 valence electrons. The number of benzene rings is 1. The summed E-state index contributed by atoms with van der Waals surface area (Å²) in [6.07, 6.45) is 8.76. The predicted molar refractivity (Wildman–Crippen MR) is 126 cm³/mol. The number of ether oxygens (including phenoxy) is 2. The lowest BCUT2D eigenvalue weighted by molar-refractivity contribution is 0.342. The number of allylic oxidation sites excluding steroid dienone is 2. The fraction of sp³-hybridized carbons (Fsp3) is 0.385. The highest BCUT2D eigenvalue weighted by molar-refractivity contribution is 5.78. The van der Waals surface area contributed by atoms with Crippen LogP contribution in [0.1, 0.15) is 41.4 Å². The number of hydrogen-bond acceptors (Lipinski definition) is 5. The van der Waals surface area contributed by atoms with Crippen molar-refractivity contribution in [3.05, 3.63) is 64.8 Å². The first-order valence-electron chi connectivity index (χ1n) is 11.5. The Hall–Kier alpha value is -3.26. The number of halogens is 2. The molecule has 3 heterocycles. The Morgan fingerprint density at radius 3 is 2.44 bits per heavy atom. The fourth-order valence-corrected chi connectivity index (χ4v) is 4.88. The van der Waals surface area contributed by atoms with Crippen LogP contribution >= 0.6 is 0 Å². The molecule has 8 heteroatoms. The monoisotopic (exact) mass is 466 g/mol. The molecule has 1 aliphatic heterocycles. The summed E-state index contributed by atoms with van der Waals surface area (Å²) in [6.45, 7) is 4.00. The van der Waals surface area contributed by atoms with Crippen molar-refractivity contribution in [1.82, 2.24) is 20.1 Å². The van der Waals surface area contributed by atoms with Gasteiger partial charge in [-0.15, -0.1) is 0 Å². The second-order valence-corrected chi connectivity index (χ2v) is 8.81. The van der Waals surface area contributed by atoms with Gasteiger partial charge in [0.1, 0.15) is 0 Å². The maximum atomic E-state index is 15.0. The number of methoxy groups -OCH3 is 2. The average molecular weight is 467 g/mol. The average Bonchev–Trinajstić information content (AvgIpc) is 3.45. The summed E-state index contributed by atoms with van der Waals surface area (Å²) in [4.78, 5) is 4.67. The van der Waals surface area contributed by atoms with E-state index in [2.05, 4.69) is 27.2 Å². The number of rotatable bonds is 6. The number of aryl methyl sites for hydroxylation is 1. The van der Waals surface area contributed by atoms with Crippen molar-refractivity contribution in [3.63, 3.8) is 0 Å². The van der Waals surface area contributed by atoms with E-state index in [1.807, 2.05) is 19.2 Å². The standard InChI is InChI=1S/C26H28F2N4O2/c1-15-21(14-32(31-15)18-6-8-29-9-7-18)17-11-19-16(4-5-22(19)30-13-17)10-20-25(27)23(33-2)12-24(34-3)26(20)28/h4,11-14,18,29H,5-10H2,1-3H3. The van der Waals surface area contributed by atoms with Gasteiger partial charge in [0.25, 0.3) is 0 Å². The lowest BCUT2D eigenvalue weighted by Crippen LogP contribution is -2.29. The quantitative estimate of drug-likeness (QED) is 0.573. The highest BCUT2D eigenvalue weighted by Gasteiger charge is 2.25. The van der Waals surface area contributed by atoms with Crippen LogP contribution in [0.4, 0.5) is 8.78 Å². The number of nitrogens with one attached hydrogen (secondary N) is 1. The van der Waals surface area contributed by atoms with Gasteiger partial charge < -0.3 is 14.8 Å². The SMILES string of the molecule is COc1cc(OC)c(F)c(CC2=CCc3ncc(-c4cn(C5CCNCC5)nc4C)cc32)c1F. The number of pyridine rings is 1. The highest BCUT2D eigenvalue weighted by atomic mass is 19.1. The van der Waals surface area contributed by atoms with Gasteiger partial charge in [0.2, 0.25) is 0 Å². The molecule has 0 saturated carbocycles. The van der Waals surface area contributed by atoms with Gasteiger partial charge in [-0.05, 0) is 44.5 Å². The van der Waals surface area contributed by atoms with E-state index in [9.17, 15) is 8.78 Å². The Kier molecular flexibility index (Phi) is 6.08. The minimum Gasteiger partial charge on any atom is -0.494 e. The maximum absolute atomic E-state index is 15.0. The van der Waals surface area contributed by atoms with Crippen LogP contribution < -0.4 is 14.8 Å². The summed E-state index contributed by atoms with van der Waals surface area (Å²) in [6, 6.07) is 3.68. The van der Waals surface area contributed by atoms with E-state index in [0.717, 1.165) is 59.6 Å². The predicted octanol–water partition coefficient (Wildman–Crippen LogP) is 4.66. The van der Waals surface area contributed by atoms with Gasteiger partial charge in [-0.3, -0.25) is 9.67 Å². The van der Waals surface area contributed by atoms with Crippen LogP contribution in [-0.2, 0) is 12.8 Å². The first-order chi connectivity index (χ1) is 16.5. The smallest absolute Gasteiger partial charge is 0.171 e. The zero-order valence-electron chi connectivity index (χ0n) is 19.6. The Bertz CT molecular complexity index is 1230. The zero-order chi connectivity index (χ0) is 23.8. The molecule has 1 saturated heterocycles. The van der Waals surface area contributed by atoms with E-state index in [-0.39, 0.29) is 23.5 Å². The molecule has 1 fully saturated rings. The number of piperidine rings is 1. The number of nitrogens with zero attached hydrogens (tertiary/aromatic N) is 3. The van der Waals surface area contributed by atoms with Gasteiger partial charge in [-0.2, -0.15) is 5.10 Å². The molecule has 3 aromatic rings. The third kappa shape index (κ3) is 3.96. The van der Waals surface area contributed by atoms with E-state index in [1.165, 1.54) is 20.3 Å². The van der Waals surface area contributed by atoms with E-state index in [4.69, 9.17) is 14.6 Å². The normalized spacial score (nSPS) is 15.9. The molecule has 0 spiro atoms. The summed E-state index contributed by atoms with van der Waals surface area (Å²) in [5.74, 6) is -1.50. The summed E-state index contributed by atoms with van der Waals surface area (Å²) in [5, 5.41) is 8.16. The Balaban J connectivity index is 1.47. The summed E-state index contributed by atoms with van der Waals surface area (Å²) in [5.41, 5.74) is 5.49. The third-order valence-corrected chi connectivity index (χ3v) is 6.80. The van der Waals surface area contributed by atoms with Gasteiger partial charge >= 0.3 is 0 Å². The van der Waals surface area contributed by atoms with E-state index < -0.39 is 11.6 Å². The molecule has 0 atom stereocenters. The van der Waals surface area contributed by atoms with Gasteiger partial charge in [-0.25, -0.2) is 8.78 Å². The van der Waals surface area contributed by atoms with Crippen molar-refractivity contribution in [3.8, 4) is 22.6 Å². The minimum absolute atomic E-state index is 0.0418. The lowest BCUT2D eigenvalue weighted by atomic mass is 9.97. The number of aromatic nitrogens is 3. The zero-order valence-corrected chi connectivity index (χ0v) is 19.6. The molecule has 34 heavy (non-hydrogen) atoms. The first kappa shape index (κ1) is 22.5. The number of hydrogen-bond donors (Lipinski definition) is 1. The maximum Gasteiger partial charge on any atom is 0.171 e. The second kappa shape index (κ2) is 9.18. The van der Waals surface area contributed by atoms with Crippen molar-refractivity contribution in [2.24, 2.45) is 0 Å². The second-order valence-electron chi connectivity index (χ2n) is 8.81. The molecule has 2 aromatic heterocycles.